The van der Waals surface area contributed by atoms with Crippen LogP contribution in [0.2, 0.25) is 0 Å². The van der Waals surface area contributed by atoms with Gasteiger partial charge >= 0.3 is 0 Å². The first-order valence-corrected chi connectivity index (χ1v) is 9.82. The molecule has 134 valence electrons. The number of carbonyl (C=O) groups is 1. The van der Waals surface area contributed by atoms with E-state index in [0.29, 0.717) is 32.0 Å². The van der Waals surface area contributed by atoms with Crippen molar-refractivity contribution in [2.75, 3.05) is 57.5 Å². The third-order valence-corrected chi connectivity index (χ3v) is 5.23. The van der Waals surface area contributed by atoms with Crippen LogP contribution in [-0.4, -0.2) is 75.7 Å². The predicted octanol–water partition coefficient (Wildman–Crippen LogP) is 0.527. The van der Waals surface area contributed by atoms with E-state index in [1.54, 1.807) is 6.07 Å². The van der Waals surface area contributed by atoms with Gasteiger partial charge in [0.05, 0.1) is 26.0 Å². The number of benzene rings is 1. The van der Waals surface area contributed by atoms with Crippen molar-refractivity contribution in [3.63, 3.8) is 0 Å². The zero-order chi connectivity index (χ0) is 17.6. The number of nitrogens with one attached hydrogen (secondary N) is 1. The standard InChI is InChI=1S/C16H25N3O4S/c1-14-5-3-4-6-15(14)17-16(20)13-19(24(2,21)22)8-7-18-9-11-23-12-10-18/h3-6H,7-13H2,1-2H3,(H,17,20). The van der Waals surface area contributed by atoms with E-state index < -0.39 is 10.0 Å². The fourth-order valence-corrected chi connectivity index (χ4v) is 3.27. The number of aryl methyl sites for hydroxylation is 1. The number of sulfonamides is 1. The highest BCUT2D eigenvalue weighted by molar-refractivity contribution is 7.88. The van der Waals surface area contributed by atoms with Crippen LogP contribution in [0.15, 0.2) is 24.3 Å². The van der Waals surface area contributed by atoms with Crippen molar-refractivity contribution in [2.45, 2.75) is 6.92 Å². The second-order valence-electron chi connectivity index (χ2n) is 5.91. The maximum atomic E-state index is 12.2. The first-order valence-electron chi connectivity index (χ1n) is 7.97. The SMILES string of the molecule is Cc1ccccc1NC(=O)CN(CCN1CCOCC1)S(C)(=O)=O. The Labute approximate surface area is 143 Å². The lowest BCUT2D eigenvalue weighted by atomic mass is 10.2. The Balaban J connectivity index is 1.93. The van der Waals surface area contributed by atoms with Crippen molar-refractivity contribution in [3.8, 4) is 0 Å². The molecule has 8 heteroatoms. The Morgan fingerprint density at radius 1 is 1.29 bits per heavy atom. The van der Waals surface area contributed by atoms with Crippen LogP contribution in [0.5, 0.6) is 0 Å². The molecule has 1 heterocycles. The van der Waals surface area contributed by atoms with E-state index in [4.69, 9.17) is 4.74 Å². The minimum Gasteiger partial charge on any atom is -0.379 e. The smallest absolute Gasteiger partial charge is 0.239 e. The van der Waals surface area contributed by atoms with Crippen LogP contribution in [0.1, 0.15) is 5.56 Å². The molecule has 1 aromatic rings. The molecule has 0 saturated carbocycles. The topological polar surface area (TPSA) is 79.0 Å². The Morgan fingerprint density at radius 3 is 2.58 bits per heavy atom. The first kappa shape index (κ1) is 18.9. The van der Waals surface area contributed by atoms with Gasteiger partial charge in [-0.1, -0.05) is 18.2 Å². The van der Waals surface area contributed by atoms with Gasteiger partial charge in [0, 0.05) is 31.9 Å². The van der Waals surface area contributed by atoms with Crippen LogP contribution < -0.4 is 5.32 Å². The predicted molar refractivity (Wildman–Crippen MR) is 93.5 cm³/mol. The lowest BCUT2D eigenvalue weighted by molar-refractivity contribution is -0.116. The Morgan fingerprint density at radius 2 is 1.96 bits per heavy atom. The first-order chi connectivity index (χ1) is 11.4. The van der Waals surface area contributed by atoms with Crippen LogP contribution >= 0.6 is 0 Å². The molecule has 1 aliphatic rings. The van der Waals surface area contributed by atoms with Gasteiger partial charge in [-0.3, -0.25) is 9.69 Å². The lowest BCUT2D eigenvalue weighted by Crippen LogP contribution is -2.45. The molecule has 0 aliphatic carbocycles. The molecule has 1 fully saturated rings. The van der Waals surface area contributed by atoms with Crippen molar-refractivity contribution in [2.24, 2.45) is 0 Å². The van der Waals surface area contributed by atoms with Crippen LogP contribution in [0, 0.1) is 6.92 Å². The number of morpholine rings is 1. The average Bonchev–Trinajstić information content (AvgIpc) is 2.53. The molecular formula is C16H25N3O4S. The van der Waals surface area contributed by atoms with Crippen LogP contribution in [0.4, 0.5) is 5.69 Å². The third kappa shape index (κ3) is 5.86. The van der Waals surface area contributed by atoms with E-state index in [1.165, 1.54) is 4.31 Å². The highest BCUT2D eigenvalue weighted by Crippen LogP contribution is 2.13. The molecule has 1 N–H and O–H groups in total. The summed E-state index contributed by atoms with van der Waals surface area (Å²) in [5.41, 5.74) is 1.63. The number of carbonyl (C=O) groups excluding carboxylic acids is 1. The normalized spacial score (nSPS) is 16.3. The molecule has 2 rings (SSSR count). The third-order valence-electron chi connectivity index (χ3n) is 3.98. The van der Waals surface area contributed by atoms with Gasteiger partial charge in [-0.05, 0) is 18.6 Å². The van der Waals surface area contributed by atoms with Gasteiger partial charge in [-0.15, -0.1) is 0 Å². The number of rotatable bonds is 7. The number of ether oxygens (including phenoxy) is 1. The van der Waals surface area contributed by atoms with Gasteiger partial charge in [0.25, 0.3) is 0 Å². The zero-order valence-electron chi connectivity index (χ0n) is 14.2. The van der Waals surface area contributed by atoms with Gasteiger partial charge in [0.15, 0.2) is 0 Å². The highest BCUT2D eigenvalue weighted by Gasteiger charge is 2.22. The van der Waals surface area contributed by atoms with Crippen LogP contribution in [0.25, 0.3) is 0 Å². The van der Waals surface area contributed by atoms with Crippen LogP contribution in [0.3, 0.4) is 0 Å². The largest absolute Gasteiger partial charge is 0.379 e. The van der Waals surface area contributed by atoms with E-state index in [9.17, 15) is 13.2 Å². The molecule has 0 unspecified atom stereocenters. The molecule has 7 nitrogen and oxygen atoms in total. The van der Waals surface area contributed by atoms with Crippen molar-refractivity contribution < 1.29 is 17.9 Å². The molecular weight excluding hydrogens is 330 g/mol. The quantitative estimate of drug-likeness (QED) is 0.772. The lowest BCUT2D eigenvalue weighted by Gasteiger charge is -2.29. The van der Waals surface area contributed by atoms with Crippen molar-refractivity contribution in [1.82, 2.24) is 9.21 Å². The molecule has 0 atom stereocenters. The number of para-hydroxylation sites is 1. The number of amides is 1. The molecule has 0 spiro atoms. The Bertz CT molecular complexity index is 657. The van der Waals surface area contributed by atoms with E-state index in [1.807, 2.05) is 25.1 Å². The van der Waals surface area contributed by atoms with Crippen molar-refractivity contribution in [1.29, 1.82) is 0 Å². The minimum absolute atomic E-state index is 0.183. The van der Waals surface area contributed by atoms with Gasteiger partial charge in [-0.25, -0.2) is 8.42 Å². The summed E-state index contributed by atoms with van der Waals surface area (Å²) >= 11 is 0. The minimum atomic E-state index is -3.45. The van der Waals surface area contributed by atoms with E-state index in [2.05, 4.69) is 10.2 Å². The van der Waals surface area contributed by atoms with Gasteiger partial charge in [-0.2, -0.15) is 4.31 Å². The maximum absolute atomic E-state index is 12.2. The summed E-state index contributed by atoms with van der Waals surface area (Å²) in [6.45, 7) is 5.48. The summed E-state index contributed by atoms with van der Waals surface area (Å²) in [4.78, 5) is 14.4. The number of hydrogen-bond donors (Lipinski definition) is 1. The molecule has 24 heavy (non-hydrogen) atoms. The molecule has 1 aromatic carbocycles. The monoisotopic (exact) mass is 355 g/mol. The number of anilines is 1. The maximum Gasteiger partial charge on any atom is 0.239 e. The molecule has 1 aliphatic heterocycles. The fourth-order valence-electron chi connectivity index (χ4n) is 2.50. The average molecular weight is 355 g/mol. The summed E-state index contributed by atoms with van der Waals surface area (Å²) in [7, 11) is -3.45. The molecule has 1 saturated heterocycles. The van der Waals surface area contributed by atoms with Gasteiger partial charge in [0.1, 0.15) is 0 Å². The fraction of sp³-hybridized carbons (Fsp3) is 0.562. The van der Waals surface area contributed by atoms with Gasteiger partial charge in [0.2, 0.25) is 15.9 Å². The van der Waals surface area contributed by atoms with Crippen molar-refractivity contribution >= 4 is 21.6 Å². The highest BCUT2D eigenvalue weighted by atomic mass is 32.2. The van der Waals surface area contributed by atoms with E-state index >= 15 is 0 Å². The van der Waals surface area contributed by atoms with Gasteiger partial charge < -0.3 is 10.1 Å². The summed E-state index contributed by atoms with van der Waals surface area (Å²) < 4.78 is 30.4. The second-order valence-corrected chi connectivity index (χ2v) is 7.90. The molecule has 1 amide bonds. The molecule has 0 bridgehead atoms. The zero-order valence-corrected chi connectivity index (χ0v) is 15.0. The Kier molecular flexibility index (Phi) is 6.73. The second kappa shape index (κ2) is 8.57. The van der Waals surface area contributed by atoms with E-state index in [-0.39, 0.29) is 12.5 Å². The van der Waals surface area contributed by atoms with Crippen LogP contribution in [-0.2, 0) is 19.6 Å². The molecule has 0 aromatic heterocycles. The summed E-state index contributed by atoms with van der Waals surface area (Å²) in [6, 6.07) is 7.40. The number of nitrogens with zero attached hydrogens (tertiary/aromatic N) is 2. The van der Waals surface area contributed by atoms with Crippen molar-refractivity contribution in [3.05, 3.63) is 29.8 Å². The number of hydrogen-bond acceptors (Lipinski definition) is 5. The summed E-state index contributed by atoms with van der Waals surface area (Å²) in [5, 5.41) is 2.77. The van der Waals surface area contributed by atoms with E-state index in [0.717, 1.165) is 24.9 Å². The Hall–Kier alpha value is -1.48. The molecule has 0 radical (unpaired) electrons. The summed E-state index contributed by atoms with van der Waals surface area (Å²) in [6.07, 6.45) is 1.13. The summed E-state index contributed by atoms with van der Waals surface area (Å²) in [5.74, 6) is -0.336.